The predicted molar refractivity (Wildman–Crippen MR) is 60.6 cm³/mol. The van der Waals surface area contributed by atoms with Crippen LogP contribution in [-0.2, 0) is 0 Å². The van der Waals surface area contributed by atoms with Gasteiger partial charge in [0.1, 0.15) is 0 Å². The molecule has 1 saturated carbocycles. The van der Waals surface area contributed by atoms with Crippen LogP contribution in [0.25, 0.3) is 0 Å². The van der Waals surface area contributed by atoms with Crippen molar-refractivity contribution in [2.45, 2.75) is 44.4 Å². The van der Waals surface area contributed by atoms with E-state index in [1.54, 1.807) is 11.9 Å². The van der Waals surface area contributed by atoms with Crippen LogP contribution < -0.4 is 0 Å². The van der Waals surface area contributed by atoms with Gasteiger partial charge in [0.2, 0.25) is 0 Å². The number of nitrogens with one attached hydrogen (secondary N) is 1. The number of fused-ring (bicyclic) bond motifs is 1. The second-order valence-electron chi connectivity index (χ2n) is 4.88. The van der Waals surface area contributed by atoms with Gasteiger partial charge >= 0.3 is 0 Å². The lowest BCUT2D eigenvalue weighted by Crippen LogP contribution is -2.17. The van der Waals surface area contributed by atoms with Crippen LogP contribution in [0.3, 0.4) is 0 Å². The van der Waals surface area contributed by atoms with Crippen LogP contribution in [-0.4, -0.2) is 9.97 Å². The molecule has 0 amide bonds. The standard InChI is InChI=1S/C13H18N2/c1-2-4-11-7-12(6-5-10(11)3-1)13-8-14-9-15-13/h7-10,12H,1-6H2,(H,14,15)/t10-,12+/m1/s1. The van der Waals surface area contributed by atoms with Crippen LogP contribution in [0.5, 0.6) is 0 Å². The number of allylic oxidation sites excluding steroid dienone is 2. The van der Waals surface area contributed by atoms with E-state index in [9.17, 15) is 0 Å². The van der Waals surface area contributed by atoms with Crippen molar-refractivity contribution in [1.82, 2.24) is 9.97 Å². The van der Waals surface area contributed by atoms with Crippen molar-refractivity contribution in [3.8, 4) is 0 Å². The molecule has 1 aromatic heterocycles. The first kappa shape index (κ1) is 9.20. The molecule has 0 radical (unpaired) electrons. The Morgan fingerprint density at radius 1 is 1.20 bits per heavy atom. The molecule has 3 rings (SSSR count). The molecular formula is C13H18N2. The highest BCUT2D eigenvalue weighted by molar-refractivity contribution is 5.22. The number of hydrogen-bond acceptors (Lipinski definition) is 1. The van der Waals surface area contributed by atoms with Gasteiger partial charge in [0.15, 0.2) is 0 Å². The summed E-state index contributed by atoms with van der Waals surface area (Å²) in [6.45, 7) is 0. The zero-order valence-electron chi connectivity index (χ0n) is 9.08. The fourth-order valence-corrected chi connectivity index (χ4v) is 3.10. The Hall–Kier alpha value is -1.05. The first-order chi connectivity index (χ1) is 7.43. The van der Waals surface area contributed by atoms with Crippen LogP contribution in [0.2, 0.25) is 0 Å². The maximum atomic E-state index is 4.12. The lowest BCUT2D eigenvalue weighted by Gasteiger charge is -2.31. The van der Waals surface area contributed by atoms with Crippen molar-refractivity contribution in [1.29, 1.82) is 0 Å². The Labute approximate surface area is 90.8 Å². The summed E-state index contributed by atoms with van der Waals surface area (Å²) >= 11 is 0. The van der Waals surface area contributed by atoms with Crippen molar-refractivity contribution < 1.29 is 0 Å². The van der Waals surface area contributed by atoms with Crippen molar-refractivity contribution in [2.24, 2.45) is 5.92 Å². The molecule has 0 unspecified atom stereocenters. The van der Waals surface area contributed by atoms with Gasteiger partial charge in [-0.25, -0.2) is 4.98 Å². The van der Waals surface area contributed by atoms with Crippen molar-refractivity contribution in [3.63, 3.8) is 0 Å². The smallest absolute Gasteiger partial charge is 0.0921 e. The summed E-state index contributed by atoms with van der Waals surface area (Å²) in [5, 5.41) is 0. The SMILES string of the molecule is C1=C2CCCC[C@@H]2CC[C@@H]1c1cnc[nH]1. The first-order valence-corrected chi connectivity index (χ1v) is 6.12. The molecule has 2 atom stereocenters. The molecule has 2 aliphatic rings. The minimum Gasteiger partial charge on any atom is -0.348 e. The van der Waals surface area contributed by atoms with Gasteiger partial charge in [0, 0.05) is 17.8 Å². The minimum atomic E-state index is 0.608. The molecule has 2 heteroatoms. The molecule has 2 nitrogen and oxygen atoms in total. The number of aromatic amines is 1. The van der Waals surface area contributed by atoms with Gasteiger partial charge in [0.05, 0.1) is 6.33 Å². The Morgan fingerprint density at radius 3 is 3.07 bits per heavy atom. The van der Waals surface area contributed by atoms with Gasteiger partial charge in [-0.15, -0.1) is 0 Å². The topological polar surface area (TPSA) is 28.7 Å². The van der Waals surface area contributed by atoms with Crippen LogP contribution >= 0.6 is 0 Å². The molecule has 0 bridgehead atoms. The summed E-state index contributed by atoms with van der Waals surface area (Å²) in [6.07, 6.45) is 14.6. The second-order valence-corrected chi connectivity index (χ2v) is 4.88. The third kappa shape index (κ3) is 1.73. The Bertz CT molecular complexity index is 351. The van der Waals surface area contributed by atoms with Crippen molar-refractivity contribution >= 4 is 0 Å². The minimum absolute atomic E-state index is 0.608. The number of nitrogens with zero attached hydrogens (tertiary/aromatic N) is 1. The van der Waals surface area contributed by atoms with E-state index in [1.807, 2.05) is 6.20 Å². The van der Waals surface area contributed by atoms with Gasteiger partial charge in [0.25, 0.3) is 0 Å². The lowest BCUT2D eigenvalue weighted by molar-refractivity contribution is 0.387. The highest BCUT2D eigenvalue weighted by atomic mass is 14.9. The zero-order chi connectivity index (χ0) is 10.1. The fourth-order valence-electron chi connectivity index (χ4n) is 3.10. The quantitative estimate of drug-likeness (QED) is 0.695. The molecule has 1 fully saturated rings. The van der Waals surface area contributed by atoms with E-state index >= 15 is 0 Å². The molecule has 0 spiro atoms. The highest BCUT2D eigenvalue weighted by Gasteiger charge is 2.26. The number of H-pyrrole nitrogens is 1. The van der Waals surface area contributed by atoms with Crippen LogP contribution in [0.1, 0.15) is 50.1 Å². The molecule has 80 valence electrons. The van der Waals surface area contributed by atoms with Gasteiger partial charge < -0.3 is 4.98 Å². The van der Waals surface area contributed by atoms with Crippen LogP contribution in [0.4, 0.5) is 0 Å². The van der Waals surface area contributed by atoms with E-state index in [1.165, 1.54) is 44.2 Å². The maximum absolute atomic E-state index is 4.12. The van der Waals surface area contributed by atoms with E-state index in [2.05, 4.69) is 16.0 Å². The summed E-state index contributed by atoms with van der Waals surface area (Å²) in [7, 11) is 0. The monoisotopic (exact) mass is 202 g/mol. The number of imidazole rings is 1. The first-order valence-electron chi connectivity index (χ1n) is 6.12. The molecular weight excluding hydrogens is 184 g/mol. The molecule has 0 aromatic carbocycles. The Balaban J connectivity index is 1.83. The molecule has 2 aliphatic carbocycles. The molecule has 1 aromatic rings. The fraction of sp³-hybridized carbons (Fsp3) is 0.615. The van der Waals surface area contributed by atoms with E-state index in [0.29, 0.717) is 5.92 Å². The van der Waals surface area contributed by atoms with Gasteiger partial charge in [-0.2, -0.15) is 0 Å². The molecule has 15 heavy (non-hydrogen) atoms. The largest absolute Gasteiger partial charge is 0.348 e. The Morgan fingerprint density at radius 2 is 2.20 bits per heavy atom. The normalized spacial score (nSPS) is 30.8. The van der Waals surface area contributed by atoms with Gasteiger partial charge in [-0.3, -0.25) is 0 Å². The molecule has 0 saturated heterocycles. The zero-order valence-corrected chi connectivity index (χ0v) is 9.08. The van der Waals surface area contributed by atoms with Crippen molar-refractivity contribution in [3.05, 3.63) is 29.9 Å². The summed E-state index contributed by atoms with van der Waals surface area (Å²) in [5.41, 5.74) is 3.03. The van der Waals surface area contributed by atoms with E-state index < -0.39 is 0 Å². The van der Waals surface area contributed by atoms with Crippen molar-refractivity contribution in [2.75, 3.05) is 0 Å². The number of hydrogen-bond donors (Lipinski definition) is 1. The molecule has 0 aliphatic heterocycles. The predicted octanol–water partition coefficient (Wildman–Crippen LogP) is 3.40. The maximum Gasteiger partial charge on any atom is 0.0921 e. The summed E-state index contributed by atoms with van der Waals surface area (Å²) in [6, 6.07) is 0. The third-order valence-corrected chi connectivity index (χ3v) is 3.95. The average Bonchev–Trinajstić information content (AvgIpc) is 2.82. The average molecular weight is 202 g/mol. The summed E-state index contributed by atoms with van der Waals surface area (Å²) in [4.78, 5) is 7.36. The third-order valence-electron chi connectivity index (χ3n) is 3.95. The van der Waals surface area contributed by atoms with Crippen LogP contribution in [0, 0.1) is 5.92 Å². The Kier molecular flexibility index (Phi) is 2.35. The number of rotatable bonds is 1. The van der Waals surface area contributed by atoms with E-state index in [0.717, 1.165) is 5.92 Å². The number of aromatic nitrogens is 2. The van der Waals surface area contributed by atoms with E-state index in [4.69, 9.17) is 0 Å². The van der Waals surface area contributed by atoms with Gasteiger partial charge in [-0.1, -0.05) is 18.1 Å². The van der Waals surface area contributed by atoms with Gasteiger partial charge in [-0.05, 0) is 38.0 Å². The molecule has 1 N–H and O–H groups in total. The summed E-state index contributed by atoms with van der Waals surface area (Å²) in [5.74, 6) is 1.52. The summed E-state index contributed by atoms with van der Waals surface area (Å²) < 4.78 is 0. The van der Waals surface area contributed by atoms with E-state index in [-0.39, 0.29) is 0 Å². The molecule has 1 heterocycles. The highest BCUT2D eigenvalue weighted by Crippen LogP contribution is 2.40. The lowest BCUT2D eigenvalue weighted by atomic mass is 9.74. The van der Waals surface area contributed by atoms with Crippen LogP contribution in [0.15, 0.2) is 24.2 Å². The second kappa shape index (κ2) is 3.84.